The third-order valence-corrected chi connectivity index (χ3v) is 5.23. The first-order chi connectivity index (χ1) is 8.87. The first-order valence-corrected chi connectivity index (χ1v) is 7.78. The highest BCUT2D eigenvalue weighted by atomic mass is 32.2. The zero-order valence-corrected chi connectivity index (χ0v) is 12.2. The summed E-state index contributed by atoms with van der Waals surface area (Å²) < 4.78 is 32.3. The van der Waals surface area contributed by atoms with Crippen LogP contribution < -0.4 is 0 Å². The molecule has 1 aliphatic heterocycles. The molecular formula is C11H22N2O5S. The van der Waals surface area contributed by atoms with Gasteiger partial charge in [-0.3, -0.25) is 4.79 Å². The second kappa shape index (κ2) is 7.18. The van der Waals surface area contributed by atoms with Gasteiger partial charge in [-0.15, -0.1) is 0 Å². The Labute approximate surface area is 114 Å². The summed E-state index contributed by atoms with van der Waals surface area (Å²) in [5.41, 5.74) is 0. The summed E-state index contributed by atoms with van der Waals surface area (Å²) in [5, 5.41) is 8.60. The van der Waals surface area contributed by atoms with Gasteiger partial charge in [0.05, 0.1) is 13.0 Å². The molecule has 0 bridgehead atoms. The Hall–Kier alpha value is -0.700. The summed E-state index contributed by atoms with van der Waals surface area (Å²) in [5.74, 6) is -0.781. The van der Waals surface area contributed by atoms with E-state index in [0.29, 0.717) is 26.3 Å². The van der Waals surface area contributed by atoms with Crippen molar-refractivity contribution in [3.8, 4) is 0 Å². The highest BCUT2D eigenvalue weighted by Gasteiger charge is 2.29. The van der Waals surface area contributed by atoms with Crippen LogP contribution in [0.4, 0.5) is 0 Å². The molecule has 1 heterocycles. The van der Waals surface area contributed by atoms with Crippen molar-refractivity contribution in [2.24, 2.45) is 5.92 Å². The summed E-state index contributed by atoms with van der Waals surface area (Å²) in [7, 11) is -2.18. The third-order valence-electron chi connectivity index (χ3n) is 3.20. The second-order valence-corrected chi connectivity index (χ2v) is 6.69. The maximum atomic E-state index is 12.3. The van der Waals surface area contributed by atoms with E-state index >= 15 is 0 Å². The summed E-state index contributed by atoms with van der Waals surface area (Å²) in [4.78, 5) is 10.5. The largest absolute Gasteiger partial charge is 0.481 e. The van der Waals surface area contributed by atoms with Crippen LogP contribution in [0.5, 0.6) is 0 Å². The zero-order valence-electron chi connectivity index (χ0n) is 11.4. The number of hydrogen-bond donors (Lipinski definition) is 1. The Morgan fingerprint density at radius 1 is 1.47 bits per heavy atom. The van der Waals surface area contributed by atoms with Gasteiger partial charge in [-0.05, 0) is 12.3 Å². The maximum absolute atomic E-state index is 12.3. The topological polar surface area (TPSA) is 87.2 Å². The monoisotopic (exact) mass is 294 g/mol. The van der Waals surface area contributed by atoms with Crippen LogP contribution in [0.15, 0.2) is 0 Å². The van der Waals surface area contributed by atoms with Crippen LogP contribution in [0.3, 0.4) is 0 Å². The van der Waals surface area contributed by atoms with Crippen molar-refractivity contribution in [2.45, 2.75) is 19.8 Å². The predicted octanol–water partition coefficient (Wildman–Crippen LogP) is -0.00390. The minimum absolute atomic E-state index is 0.0185. The molecule has 0 saturated carbocycles. The van der Waals surface area contributed by atoms with Crippen LogP contribution in [0.2, 0.25) is 0 Å². The fourth-order valence-corrected chi connectivity index (χ4v) is 3.41. The number of hydrogen-bond acceptors (Lipinski definition) is 4. The highest BCUT2D eigenvalue weighted by molar-refractivity contribution is 7.86. The van der Waals surface area contributed by atoms with Gasteiger partial charge in [-0.25, -0.2) is 0 Å². The van der Waals surface area contributed by atoms with Gasteiger partial charge >= 0.3 is 5.97 Å². The second-order valence-electron chi connectivity index (χ2n) is 4.65. The molecular weight excluding hydrogens is 272 g/mol. The minimum Gasteiger partial charge on any atom is -0.481 e. The van der Waals surface area contributed by atoms with E-state index in [1.165, 1.54) is 11.4 Å². The van der Waals surface area contributed by atoms with Gasteiger partial charge in [0.2, 0.25) is 0 Å². The first kappa shape index (κ1) is 16.4. The van der Waals surface area contributed by atoms with Crippen LogP contribution in [0.25, 0.3) is 0 Å². The van der Waals surface area contributed by atoms with Crippen LogP contribution in [-0.4, -0.2) is 68.0 Å². The summed E-state index contributed by atoms with van der Waals surface area (Å²) in [6.45, 7) is 3.82. The van der Waals surface area contributed by atoms with Crippen LogP contribution in [0, 0.1) is 5.92 Å². The van der Waals surface area contributed by atoms with Crippen molar-refractivity contribution in [1.29, 1.82) is 0 Å². The van der Waals surface area contributed by atoms with Crippen LogP contribution >= 0.6 is 0 Å². The molecule has 0 spiro atoms. The van der Waals surface area contributed by atoms with Crippen LogP contribution in [0.1, 0.15) is 19.8 Å². The molecule has 0 amide bonds. The van der Waals surface area contributed by atoms with E-state index in [-0.39, 0.29) is 18.9 Å². The SMILES string of the molecule is CCN(CC1CCOC1)S(=O)(=O)N(C)CCC(=O)O. The van der Waals surface area contributed by atoms with Crippen molar-refractivity contribution in [2.75, 3.05) is 39.9 Å². The number of rotatable bonds is 8. The molecule has 7 nitrogen and oxygen atoms in total. The Bertz CT molecular complexity index is 392. The van der Waals surface area contributed by atoms with Gasteiger partial charge in [0.1, 0.15) is 0 Å². The van der Waals surface area contributed by atoms with Crippen molar-refractivity contribution in [3.05, 3.63) is 0 Å². The molecule has 0 aromatic rings. The molecule has 1 atom stereocenters. The van der Waals surface area contributed by atoms with Gasteiger partial charge in [0, 0.05) is 33.3 Å². The molecule has 0 aromatic carbocycles. The number of carboxylic acid groups (broad SMARTS) is 1. The number of aliphatic carboxylic acids is 1. The predicted molar refractivity (Wildman–Crippen MR) is 70.0 cm³/mol. The number of ether oxygens (including phenoxy) is 1. The Kier molecular flexibility index (Phi) is 6.18. The molecule has 0 aromatic heterocycles. The third kappa shape index (κ3) is 4.72. The molecule has 1 saturated heterocycles. The fourth-order valence-electron chi connectivity index (χ4n) is 1.97. The van der Waals surface area contributed by atoms with Crippen molar-refractivity contribution in [1.82, 2.24) is 8.61 Å². The van der Waals surface area contributed by atoms with E-state index in [0.717, 1.165) is 10.7 Å². The average molecular weight is 294 g/mol. The zero-order chi connectivity index (χ0) is 14.5. The molecule has 0 aliphatic carbocycles. The quantitative estimate of drug-likeness (QED) is 0.680. The summed E-state index contributed by atoms with van der Waals surface area (Å²) in [6, 6.07) is 0. The summed E-state index contributed by atoms with van der Waals surface area (Å²) in [6.07, 6.45) is 0.671. The highest BCUT2D eigenvalue weighted by Crippen LogP contribution is 2.17. The molecule has 1 unspecified atom stereocenters. The van der Waals surface area contributed by atoms with Gasteiger partial charge in [-0.1, -0.05) is 6.92 Å². The van der Waals surface area contributed by atoms with Crippen molar-refractivity contribution in [3.63, 3.8) is 0 Å². The van der Waals surface area contributed by atoms with Gasteiger partial charge in [0.15, 0.2) is 0 Å². The Balaban J connectivity index is 2.62. The minimum atomic E-state index is -3.59. The number of carbonyl (C=O) groups is 1. The van der Waals surface area contributed by atoms with Crippen LogP contribution in [-0.2, 0) is 19.7 Å². The van der Waals surface area contributed by atoms with E-state index in [9.17, 15) is 13.2 Å². The molecule has 1 rings (SSSR count). The van der Waals surface area contributed by atoms with E-state index in [2.05, 4.69) is 0 Å². The average Bonchev–Trinajstić information content (AvgIpc) is 2.85. The Morgan fingerprint density at radius 2 is 2.16 bits per heavy atom. The lowest BCUT2D eigenvalue weighted by atomic mass is 10.1. The van der Waals surface area contributed by atoms with Crippen molar-refractivity contribution < 1.29 is 23.1 Å². The lowest BCUT2D eigenvalue weighted by Gasteiger charge is -2.27. The lowest BCUT2D eigenvalue weighted by Crippen LogP contribution is -2.44. The summed E-state index contributed by atoms with van der Waals surface area (Å²) >= 11 is 0. The molecule has 19 heavy (non-hydrogen) atoms. The molecule has 8 heteroatoms. The molecule has 0 radical (unpaired) electrons. The van der Waals surface area contributed by atoms with E-state index in [4.69, 9.17) is 9.84 Å². The molecule has 1 N–H and O–H groups in total. The smallest absolute Gasteiger partial charge is 0.304 e. The van der Waals surface area contributed by atoms with Gasteiger partial charge in [0.25, 0.3) is 10.2 Å². The lowest BCUT2D eigenvalue weighted by molar-refractivity contribution is -0.137. The standard InChI is InChI=1S/C11H22N2O5S/c1-3-13(8-10-5-7-18-9-10)19(16,17)12(2)6-4-11(14)15/h10H,3-9H2,1-2H3,(H,14,15). The van der Waals surface area contributed by atoms with Gasteiger partial charge in [-0.2, -0.15) is 17.0 Å². The molecule has 1 aliphatic rings. The van der Waals surface area contributed by atoms with Gasteiger partial charge < -0.3 is 9.84 Å². The Morgan fingerprint density at radius 3 is 2.63 bits per heavy atom. The van der Waals surface area contributed by atoms with Crippen molar-refractivity contribution >= 4 is 16.2 Å². The fraction of sp³-hybridized carbons (Fsp3) is 0.909. The molecule has 1 fully saturated rings. The first-order valence-electron chi connectivity index (χ1n) is 6.38. The van der Waals surface area contributed by atoms with E-state index in [1.807, 2.05) is 0 Å². The normalized spacial score (nSPS) is 20.3. The van der Waals surface area contributed by atoms with E-state index < -0.39 is 16.2 Å². The number of carboxylic acids is 1. The number of nitrogens with zero attached hydrogens (tertiary/aromatic N) is 2. The maximum Gasteiger partial charge on any atom is 0.304 e. The van der Waals surface area contributed by atoms with E-state index in [1.54, 1.807) is 6.92 Å². The molecule has 112 valence electrons.